The average molecular weight is 304 g/mol. The Bertz CT molecular complexity index is 632. The number of nitrogens with one attached hydrogen (secondary N) is 2. The van der Waals surface area contributed by atoms with E-state index in [1.807, 2.05) is 24.3 Å². The van der Waals surface area contributed by atoms with Crippen LogP contribution < -0.4 is 5.32 Å². The molecule has 1 amide bonds. The molecule has 0 atom stereocenters. The zero-order chi connectivity index (χ0) is 14.7. The summed E-state index contributed by atoms with van der Waals surface area (Å²) < 4.78 is 0. The van der Waals surface area contributed by atoms with Crippen molar-refractivity contribution < 1.29 is 4.79 Å². The van der Waals surface area contributed by atoms with Crippen molar-refractivity contribution in [1.29, 1.82) is 0 Å². The van der Waals surface area contributed by atoms with Crippen molar-refractivity contribution >= 4 is 17.5 Å². The van der Waals surface area contributed by atoms with Gasteiger partial charge in [-0.25, -0.2) is 0 Å². The number of carbonyl (C=O) groups is 1. The van der Waals surface area contributed by atoms with Gasteiger partial charge in [-0.1, -0.05) is 43.0 Å². The number of halogens is 1. The summed E-state index contributed by atoms with van der Waals surface area (Å²) in [5.41, 5.74) is 2.16. The topological polar surface area (TPSA) is 57.8 Å². The third kappa shape index (κ3) is 3.27. The first-order chi connectivity index (χ1) is 10.2. The second-order valence-corrected chi connectivity index (χ2v) is 5.91. The van der Waals surface area contributed by atoms with Gasteiger partial charge >= 0.3 is 0 Å². The van der Waals surface area contributed by atoms with E-state index in [0.29, 0.717) is 16.3 Å². The van der Waals surface area contributed by atoms with E-state index in [9.17, 15) is 4.79 Å². The minimum Gasteiger partial charge on any atom is -0.349 e. The fraction of sp³-hybridized carbons (Fsp3) is 0.375. The largest absolute Gasteiger partial charge is 0.349 e. The van der Waals surface area contributed by atoms with Crippen molar-refractivity contribution in [3.63, 3.8) is 0 Å². The van der Waals surface area contributed by atoms with Crippen LogP contribution in [0.4, 0.5) is 0 Å². The fourth-order valence-corrected chi connectivity index (χ4v) is 3.02. The van der Waals surface area contributed by atoms with Gasteiger partial charge in [0, 0.05) is 16.6 Å². The quantitative estimate of drug-likeness (QED) is 0.906. The van der Waals surface area contributed by atoms with Crippen LogP contribution in [0.1, 0.15) is 42.5 Å². The Balaban J connectivity index is 1.79. The Kier molecular flexibility index (Phi) is 4.25. The Labute approximate surface area is 128 Å². The Morgan fingerprint density at radius 3 is 2.86 bits per heavy atom. The lowest BCUT2D eigenvalue weighted by molar-refractivity contribution is 0.0928. The predicted octanol–water partition coefficient (Wildman–Crippen LogP) is 3.79. The molecule has 0 radical (unpaired) electrons. The standard InChI is InChI=1S/C16H18ClN3O/c17-12-6-4-5-11(9-12)15-14(10-18-20-15)16(21)19-13-7-2-1-3-8-13/h4-6,9-10,13H,1-3,7-8H2,(H,18,20)(H,19,21). The molecule has 0 aliphatic heterocycles. The molecule has 0 spiro atoms. The molecule has 1 heterocycles. The van der Waals surface area contributed by atoms with Gasteiger partial charge in [0.2, 0.25) is 0 Å². The predicted molar refractivity (Wildman–Crippen MR) is 83.4 cm³/mol. The minimum atomic E-state index is -0.0642. The number of aromatic nitrogens is 2. The average Bonchev–Trinajstić information content (AvgIpc) is 2.98. The van der Waals surface area contributed by atoms with Crippen LogP contribution in [0.15, 0.2) is 30.5 Å². The third-order valence-corrected chi connectivity index (χ3v) is 4.17. The van der Waals surface area contributed by atoms with Gasteiger partial charge in [0.1, 0.15) is 0 Å². The van der Waals surface area contributed by atoms with Crippen LogP contribution in [0.5, 0.6) is 0 Å². The molecule has 110 valence electrons. The molecule has 1 saturated carbocycles. The molecule has 1 aromatic heterocycles. The summed E-state index contributed by atoms with van der Waals surface area (Å²) in [5.74, 6) is -0.0642. The van der Waals surface area contributed by atoms with Crippen LogP contribution in [0.3, 0.4) is 0 Å². The maximum absolute atomic E-state index is 12.4. The van der Waals surface area contributed by atoms with Gasteiger partial charge in [0.05, 0.1) is 17.5 Å². The lowest BCUT2D eigenvalue weighted by Crippen LogP contribution is -2.36. The Morgan fingerprint density at radius 1 is 1.29 bits per heavy atom. The first-order valence-electron chi connectivity index (χ1n) is 7.34. The molecule has 2 N–H and O–H groups in total. The zero-order valence-electron chi connectivity index (χ0n) is 11.7. The lowest BCUT2D eigenvalue weighted by Gasteiger charge is -2.22. The molecular formula is C16H18ClN3O. The fourth-order valence-electron chi connectivity index (χ4n) is 2.83. The Hall–Kier alpha value is -1.81. The highest BCUT2D eigenvalue weighted by atomic mass is 35.5. The van der Waals surface area contributed by atoms with Gasteiger partial charge in [0.15, 0.2) is 0 Å². The molecule has 4 nitrogen and oxygen atoms in total. The molecule has 1 fully saturated rings. The van der Waals surface area contributed by atoms with Gasteiger partial charge in [-0.05, 0) is 25.0 Å². The summed E-state index contributed by atoms with van der Waals surface area (Å²) in [6.07, 6.45) is 7.36. The molecule has 0 saturated heterocycles. The van der Waals surface area contributed by atoms with Gasteiger partial charge in [-0.2, -0.15) is 5.10 Å². The van der Waals surface area contributed by atoms with Crippen LogP contribution >= 0.6 is 11.6 Å². The van der Waals surface area contributed by atoms with E-state index >= 15 is 0 Å². The summed E-state index contributed by atoms with van der Waals surface area (Å²) in [6, 6.07) is 7.70. The summed E-state index contributed by atoms with van der Waals surface area (Å²) >= 11 is 6.01. The highest BCUT2D eigenvalue weighted by molar-refractivity contribution is 6.30. The first-order valence-corrected chi connectivity index (χ1v) is 7.72. The second-order valence-electron chi connectivity index (χ2n) is 5.48. The smallest absolute Gasteiger partial charge is 0.255 e. The van der Waals surface area contributed by atoms with E-state index in [1.54, 1.807) is 6.20 Å². The normalized spacial score (nSPS) is 15.9. The first kappa shape index (κ1) is 14.1. The number of nitrogens with zero attached hydrogens (tertiary/aromatic N) is 1. The summed E-state index contributed by atoms with van der Waals surface area (Å²) in [4.78, 5) is 12.4. The van der Waals surface area contributed by atoms with Gasteiger partial charge in [-0.15, -0.1) is 0 Å². The van der Waals surface area contributed by atoms with Crippen molar-refractivity contribution in [3.8, 4) is 11.3 Å². The lowest BCUT2D eigenvalue weighted by atomic mass is 9.95. The van der Waals surface area contributed by atoms with Crippen molar-refractivity contribution in [2.45, 2.75) is 38.1 Å². The summed E-state index contributed by atoms with van der Waals surface area (Å²) in [5, 5.41) is 10.7. The molecule has 3 rings (SSSR count). The highest BCUT2D eigenvalue weighted by Crippen LogP contribution is 2.24. The van der Waals surface area contributed by atoms with Crippen LogP contribution in [0.25, 0.3) is 11.3 Å². The number of rotatable bonds is 3. The van der Waals surface area contributed by atoms with Crippen LogP contribution in [0, 0.1) is 0 Å². The van der Waals surface area contributed by atoms with E-state index in [1.165, 1.54) is 19.3 Å². The molecular weight excluding hydrogens is 286 g/mol. The third-order valence-electron chi connectivity index (χ3n) is 3.94. The van der Waals surface area contributed by atoms with Crippen LogP contribution in [-0.2, 0) is 0 Å². The molecule has 21 heavy (non-hydrogen) atoms. The summed E-state index contributed by atoms with van der Waals surface area (Å²) in [6.45, 7) is 0. The maximum atomic E-state index is 12.4. The molecule has 1 aromatic carbocycles. The van der Waals surface area contributed by atoms with Crippen molar-refractivity contribution in [1.82, 2.24) is 15.5 Å². The SMILES string of the molecule is O=C(NC1CCCCC1)c1cn[nH]c1-c1cccc(Cl)c1. The maximum Gasteiger partial charge on any atom is 0.255 e. The molecule has 2 aromatic rings. The number of aromatic amines is 1. The van der Waals surface area contributed by atoms with E-state index < -0.39 is 0 Å². The van der Waals surface area contributed by atoms with E-state index in [2.05, 4.69) is 15.5 Å². The number of amides is 1. The van der Waals surface area contributed by atoms with Crippen molar-refractivity contribution in [3.05, 3.63) is 41.0 Å². The molecule has 1 aliphatic carbocycles. The molecule has 5 heteroatoms. The van der Waals surface area contributed by atoms with Crippen LogP contribution in [-0.4, -0.2) is 22.1 Å². The van der Waals surface area contributed by atoms with E-state index in [-0.39, 0.29) is 11.9 Å². The Morgan fingerprint density at radius 2 is 2.10 bits per heavy atom. The highest BCUT2D eigenvalue weighted by Gasteiger charge is 2.20. The van der Waals surface area contributed by atoms with Gasteiger partial charge < -0.3 is 5.32 Å². The monoisotopic (exact) mass is 303 g/mol. The van der Waals surface area contributed by atoms with Crippen LogP contribution in [0.2, 0.25) is 5.02 Å². The van der Waals surface area contributed by atoms with Gasteiger partial charge in [-0.3, -0.25) is 9.89 Å². The minimum absolute atomic E-state index is 0.0642. The number of hydrogen-bond acceptors (Lipinski definition) is 2. The summed E-state index contributed by atoms with van der Waals surface area (Å²) in [7, 11) is 0. The number of hydrogen-bond donors (Lipinski definition) is 2. The van der Waals surface area contributed by atoms with E-state index in [0.717, 1.165) is 18.4 Å². The second kappa shape index (κ2) is 6.31. The van der Waals surface area contributed by atoms with Crippen molar-refractivity contribution in [2.24, 2.45) is 0 Å². The number of benzene rings is 1. The van der Waals surface area contributed by atoms with E-state index in [4.69, 9.17) is 11.6 Å². The molecule has 0 unspecified atom stereocenters. The molecule has 1 aliphatic rings. The van der Waals surface area contributed by atoms with Crippen molar-refractivity contribution in [2.75, 3.05) is 0 Å². The van der Waals surface area contributed by atoms with Gasteiger partial charge in [0.25, 0.3) is 5.91 Å². The number of carbonyl (C=O) groups excluding carboxylic acids is 1. The molecule has 0 bridgehead atoms. The zero-order valence-corrected chi connectivity index (χ0v) is 12.5. The number of H-pyrrole nitrogens is 1.